The van der Waals surface area contributed by atoms with Crippen LogP contribution in [0.3, 0.4) is 0 Å². The molecule has 100 valence electrons. The maximum absolute atomic E-state index is 13.6. The highest BCUT2D eigenvalue weighted by Gasteiger charge is 2.12. The zero-order valence-electron chi connectivity index (χ0n) is 10.3. The summed E-state index contributed by atoms with van der Waals surface area (Å²) in [4.78, 5) is 11.8. The van der Waals surface area contributed by atoms with Gasteiger partial charge >= 0.3 is 0 Å². The third-order valence-corrected chi connectivity index (χ3v) is 3.16. The van der Waals surface area contributed by atoms with Gasteiger partial charge in [-0.2, -0.15) is 5.10 Å². The number of aromatic nitrogens is 2. The van der Waals surface area contributed by atoms with Gasteiger partial charge in [-0.1, -0.05) is 15.9 Å². The molecule has 1 N–H and O–H groups in total. The molecule has 19 heavy (non-hydrogen) atoms. The van der Waals surface area contributed by atoms with Crippen LogP contribution >= 0.6 is 15.9 Å². The second-order valence-corrected chi connectivity index (χ2v) is 5.13. The molecule has 4 nitrogen and oxygen atoms in total. The third kappa shape index (κ3) is 3.64. The molecule has 0 saturated carbocycles. The average molecular weight is 326 g/mol. The van der Waals surface area contributed by atoms with E-state index >= 15 is 0 Å². The summed E-state index contributed by atoms with van der Waals surface area (Å²) < 4.78 is 15.9. The lowest BCUT2D eigenvalue weighted by atomic mass is 10.2. The first-order valence-electron chi connectivity index (χ1n) is 5.80. The summed E-state index contributed by atoms with van der Waals surface area (Å²) in [7, 11) is 0. The van der Waals surface area contributed by atoms with Crippen LogP contribution in [0.15, 0.2) is 41.1 Å². The minimum absolute atomic E-state index is 0.0755. The topological polar surface area (TPSA) is 46.9 Å². The number of hydrogen-bond donors (Lipinski definition) is 1. The fourth-order valence-electron chi connectivity index (χ4n) is 1.70. The minimum Gasteiger partial charge on any atom is -0.324 e. The highest BCUT2D eigenvalue weighted by Crippen LogP contribution is 2.20. The molecule has 0 bridgehead atoms. The molecule has 6 heteroatoms. The monoisotopic (exact) mass is 325 g/mol. The molecule has 1 aromatic carbocycles. The van der Waals surface area contributed by atoms with Crippen molar-refractivity contribution in [1.82, 2.24) is 9.78 Å². The SMILES string of the molecule is C[C@H](CC(=O)Nc1ccc(Br)cc1F)n1cccn1. The van der Waals surface area contributed by atoms with E-state index < -0.39 is 5.82 Å². The Morgan fingerprint density at radius 2 is 2.37 bits per heavy atom. The standard InChI is InChI=1S/C13H13BrFN3O/c1-9(18-6-2-5-16-18)7-13(19)17-12-4-3-10(14)8-11(12)15/h2-6,8-9H,7H2,1H3,(H,17,19)/t9-/m1/s1. The molecule has 1 amide bonds. The number of halogens is 2. The number of amides is 1. The Hall–Kier alpha value is -1.69. The lowest BCUT2D eigenvalue weighted by molar-refractivity contribution is -0.116. The second-order valence-electron chi connectivity index (χ2n) is 4.21. The van der Waals surface area contributed by atoms with Crippen molar-refractivity contribution in [3.05, 3.63) is 46.9 Å². The molecule has 0 fully saturated rings. The van der Waals surface area contributed by atoms with E-state index in [1.54, 1.807) is 29.2 Å². The molecule has 0 radical (unpaired) electrons. The fraction of sp³-hybridized carbons (Fsp3) is 0.231. The van der Waals surface area contributed by atoms with Gasteiger partial charge in [-0.05, 0) is 31.2 Å². The second kappa shape index (κ2) is 5.97. The maximum atomic E-state index is 13.6. The lowest BCUT2D eigenvalue weighted by Crippen LogP contribution is -2.18. The van der Waals surface area contributed by atoms with Crippen molar-refractivity contribution in [2.24, 2.45) is 0 Å². The van der Waals surface area contributed by atoms with Crippen molar-refractivity contribution in [3.8, 4) is 0 Å². The number of rotatable bonds is 4. The molecule has 0 spiro atoms. The van der Waals surface area contributed by atoms with Crippen LogP contribution in [-0.4, -0.2) is 15.7 Å². The average Bonchev–Trinajstić information content (AvgIpc) is 2.86. The summed E-state index contributed by atoms with van der Waals surface area (Å²) in [5, 5.41) is 6.62. The van der Waals surface area contributed by atoms with Gasteiger partial charge in [-0.3, -0.25) is 9.48 Å². The molecule has 1 heterocycles. The largest absolute Gasteiger partial charge is 0.324 e. The van der Waals surface area contributed by atoms with Crippen molar-refractivity contribution >= 4 is 27.5 Å². The summed E-state index contributed by atoms with van der Waals surface area (Å²) >= 11 is 3.16. The Balaban J connectivity index is 1.98. The van der Waals surface area contributed by atoms with Crippen LogP contribution in [0, 0.1) is 5.82 Å². The van der Waals surface area contributed by atoms with Crippen LogP contribution in [0.2, 0.25) is 0 Å². The van der Waals surface area contributed by atoms with Gasteiger partial charge < -0.3 is 5.32 Å². The van der Waals surface area contributed by atoms with Crippen LogP contribution < -0.4 is 5.32 Å². The first-order chi connectivity index (χ1) is 9.06. The van der Waals surface area contributed by atoms with E-state index in [-0.39, 0.29) is 24.1 Å². The van der Waals surface area contributed by atoms with Gasteiger partial charge in [0.2, 0.25) is 5.91 Å². The highest BCUT2D eigenvalue weighted by molar-refractivity contribution is 9.10. The summed E-state index contributed by atoms with van der Waals surface area (Å²) in [6.07, 6.45) is 3.68. The van der Waals surface area contributed by atoms with E-state index in [9.17, 15) is 9.18 Å². The molecule has 1 aromatic heterocycles. The van der Waals surface area contributed by atoms with Crippen LogP contribution in [-0.2, 0) is 4.79 Å². The molecule has 1 atom stereocenters. The number of anilines is 1. The van der Waals surface area contributed by atoms with Crippen molar-refractivity contribution in [2.75, 3.05) is 5.32 Å². The van der Waals surface area contributed by atoms with Crippen LogP contribution in [0.5, 0.6) is 0 Å². The van der Waals surface area contributed by atoms with Crippen LogP contribution in [0.1, 0.15) is 19.4 Å². The van der Waals surface area contributed by atoms with Crippen molar-refractivity contribution < 1.29 is 9.18 Å². The maximum Gasteiger partial charge on any atom is 0.226 e. The van der Waals surface area contributed by atoms with Crippen LogP contribution in [0.4, 0.5) is 10.1 Å². The van der Waals surface area contributed by atoms with Crippen molar-refractivity contribution in [1.29, 1.82) is 0 Å². The quantitative estimate of drug-likeness (QED) is 0.936. The van der Waals surface area contributed by atoms with E-state index in [1.165, 1.54) is 12.1 Å². The lowest BCUT2D eigenvalue weighted by Gasteiger charge is -2.12. The summed E-state index contributed by atoms with van der Waals surface area (Å²) in [5.74, 6) is -0.710. The van der Waals surface area contributed by atoms with Gasteiger partial charge in [0, 0.05) is 23.3 Å². The summed E-state index contributed by atoms with van der Waals surface area (Å²) in [6, 6.07) is 6.23. The van der Waals surface area contributed by atoms with Gasteiger partial charge in [0.1, 0.15) is 5.82 Å². The minimum atomic E-state index is -0.463. The molecule has 2 aromatic rings. The predicted molar refractivity (Wildman–Crippen MR) is 74.3 cm³/mol. The predicted octanol–water partition coefficient (Wildman–Crippen LogP) is 3.37. The molecule has 0 aliphatic heterocycles. The fourth-order valence-corrected chi connectivity index (χ4v) is 2.03. The number of nitrogens with one attached hydrogen (secondary N) is 1. The number of benzene rings is 1. The molecule has 0 aliphatic rings. The van der Waals surface area contributed by atoms with Crippen molar-refractivity contribution in [2.45, 2.75) is 19.4 Å². The zero-order valence-corrected chi connectivity index (χ0v) is 11.9. The normalized spacial score (nSPS) is 12.2. The third-order valence-electron chi connectivity index (χ3n) is 2.66. The first kappa shape index (κ1) is 13.7. The summed E-state index contributed by atoms with van der Waals surface area (Å²) in [5.41, 5.74) is 0.181. The first-order valence-corrected chi connectivity index (χ1v) is 6.59. The number of carbonyl (C=O) groups is 1. The Labute approximate surface area is 118 Å². The van der Waals surface area contributed by atoms with E-state index in [1.807, 2.05) is 6.92 Å². The smallest absolute Gasteiger partial charge is 0.226 e. The molecular formula is C13H13BrFN3O. The van der Waals surface area contributed by atoms with Gasteiger partial charge in [-0.25, -0.2) is 4.39 Å². The molecule has 0 unspecified atom stereocenters. The Bertz CT molecular complexity index is 571. The Morgan fingerprint density at radius 1 is 1.58 bits per heavy atom. The highest BCUT2D eigenvalue weighted by atomic mass is 79.9. The zero-order chi connectivity index (χ0) is 13.8. The molecular weight excluding hydrogens is 313 g/mol. The Morgan fingerprint density at radius 3 is 3.00 bits per heavy atom. The van der Waals surface area contributed by atoms with E-state index in [4.69, 9.17) is 0 Å². The van der Waals surface area contributed by atoms with Gasteiger partial charge in [0.05, 0.1) is 11.7 Å². The van der Waals surface area contributed by atoms with Crippen LogP contribution in [0.25, 0.3) is 0 Å². The van der Waals surface area contributed by atoms with Gasteiger partial charge in [0.15, 0.2) is 0 Å². The van der Waals surface area contributed by atoms with Crippen molar-refractivity contribution in [3.63, 3.8) is 0 Å². The van der Waals surface area contributed by atoms with E-state index in [0.29, 0.717) is 4.47 Å². The molecule has 0 saturated heterocycles. The van der Waals surface area contributed by atoms with Gasteiger partial charge in [-0.15, -0.1) is 0 Å². The Kier molecular flexibility index (Phi) is 4.31. The molecule has 0 aliphatic carbocycles. The van der Waals surface area contributed by atoms with E-state index in [0.717, 1.165) is 0 Å². The molecule has 2 rings (SSSR count). The van der Waals surface area contributed by atoms with E-state index in [2.05, 4.69) is 26.3 Å². The van der Waals surface area contributed by atoms with Gasteiger partial charge in [0.25, 0.3) is 0 Å². The number of nitrogens with zero attached hydrogens (tertiary/aromatic N) is 2. The number of carbonyl (C=O) groups excluding carboxylic acids is 1. The summed E-state index contributed by atoms with van der Waals surface area (Å²) in [6.45, 7) is 1.88. The number of hydrogen-bond acceptors (Lipinski definition) is 2.